The van der Waals surface area contributed by atoms with E-state index in [0.29, 0.717) is 5.92 Å². The molecule has 9 aromatic rings. The maximum absolute atomic E-state index is 5.84. The third-order valence-electron chi connectivity index (χ3n) is 10.6. The van der Waals surface area contributed by atoms with Gasteiger partial charge < -0.3 is 9.40 Å². The Balaban J connectivity index is 0.000000246. The first-order chi connectivity index (χ1) is 27.2. The molecular weight excluding hydrogens is 875 g/mol. The molecule has 0 fully saturated rings. The second-order valence-electron chi connectivity index (χ2n) is 15.3. The average Bonchev–Trinajstić information content (AvgIpc) is 3.69. The Hall–Kier alpha value is -5.74. The third-order valence-corrected chi connectivity index (χ3v) is 10.6. The Bertz CT molecular complexity index is 2790. The van der Waals surface area contributed by atoms with Gasteiger partial charge in [0.25, 0.3) is 0 Å². The van der Waals surface area contributed by atoms with Crippen LogP contribution in [0.2, 0.25) is 0 Å². The van der Waals surface area contributed by atoms with Crippen LogP contribution in [0, 0.1) is 45.7 Å². The summed E-state index contributed by atoms with van der Waals surface area (Å²) in [5.41, 5.74) is 16.7. The SMILES string of the molecule is CC(C)Cc1ccc2c(-c3cc(Cc4ccc5cc(-c6ccccc6)ccc5c4)ccn3)[c-]c3ccoc3c2n1.Cc1c[c-]c(-c2cc(C)c(C)cn2)cc1C.[Ir]. The number of rotatable bonds is 7. The molecule has 0 saturated heterocycles. The van der Waals surface area contributed by atoms with Crippen LogP contribution in [0.25, 0.3) is 66.3 Å². The molecule has 57 heavy (non-hydrogen) atoms. The fourth-order valence-electron chi connectivity index (χ4n) is 7.16. The maximum atomic E-state index is 5.84. The minimum Gasteiger partial charge on any atom is -0.506 e. The molecule has 4 aromatic heterocycles. The molecule has 9 rings (SSSR count). The average molecular weight is 920 g/mol. The minimum atomic E-state index is 0. The summed E-state index contributed by atoms with van der Waals surface area (Å²) in [5, 5.41) is 4.44. The number of aryl methyl sites for hydroxylation is 4. The summed E-state index contributed by atoms with van der Waals surface area (Å²) in [5.74, 6) is 0.533. The van der Waals surface area contributed by atoms with Crippen molar-refractivity contribution in [3.8, 4) is 33.6 Å². The Morgan fingerprint density at radius 1 is 0.667 bits per heavy atom. The van der Waals surface area contributed by atoms with Crippen molar-refractivity contribution in [3.63, 3.8) is 0 Å². The van der Waals surface area contributed by atoms with Gasteiger partial charge in [0.2, 0.25) is 0 Å². The molecule has 0 unspecified atom stereocenters. The van der Waals surface area contributed by atoms with Gasteiger partial charge >= 0.3 is 0 Å². The van der Waals surface area contributed by atoms with E-state index in [1.54, 1.807) is 6.26 Å². The first kappa shape index (κ1) is 39.5. The Morgan fingerprint density at radius 2 is 1.44 bits per heavy atom. The van der Waals surface area contributed by atoms with Crippen LogP contribution in [0.3, 0.4) is 0 Å². The summed E-state index contributed by atoms with van der Waals surface area (Å²) >= 11 is 0. The van der Waals surface area contributed by atoms with Gasteiger partial charge in [0.15, 0.2) is 0 Å². The van der Waals surface area contributed by atoms with E-state index < -0.39 is 0 Å². The van der Waals surface area contributed by atoms with E-state index >= 15 is 0 Å². The van der Waals surface area contributed by atoms with Crippen molar-refractivity contribution in [2.45, 2.75) is 54.4 Å². The molecule has 0 bridgehead atoms. The van der Waals surface area contributed by atoms with E-state index in [1.165, 1.54) is 55.3 Å². The Kier molecular flexibility index (Phi) is 11.9. The third kappa shape index (κ3) is 8.81. The van der Waals surface area contributed by atoms with Crippen LogP contribution >= 0.6 is 0 Å². The van der Waals surface area contributed by atoms with Crippen molar-refractivity contribution in [2.75, 3.05) is 0 Å². The predicted molar refractivity (Wildman–Crippen MR) is 232 cm³/mol. The van der Waals surface area contributed by atoms with Crippen molar-refractivity contribution in [3.05, 3.63) is 185 Å². The smallest absolute Gasteiger partial charge is 0.0847 e. The molecular formula is C52H45IrN3O-2. The second-order valence-corrected chi connectivity index (χ2v) is 15.3. The summed E-state index contributed by atoms with van der Waals surface area (Å²) < 4.78 is 5.84. The fraction of sp³-hybridized carbons (Fsp3) is 0.173. The molecule has 5 heteroatoms. The van der Waals surface area contributed by atoms with E-state index in [0.717, 1.165) is 62.9 Å². The van der Waals surface area contributed by atoms with Gasteiger partial charge in [-0.25, -0.2) is 0 Å². The van der Waals surface area contributed by atoms with Crippen molar-refractivity contribution in [2.24, 2.45) is 5.92 Å². The van der Waals surface area contributed by atoms with Gasteiger partial charge in [0, 0.05) is 55.7 Å². The van der Waals surface area contributed by atoms with Gasteiger partial charge in [0.05, 0.1) is 5.58 Å². The zero-order chi connectivity index (χ0) is 38.8. The standard InChI is InChI=1S/C37H29N2O.C15H16N.Ir/c1-24(2)18-32-12-13-33-34(23-31-15-17-40-37(31)36(33)39-32)35-21-26(14-16-38-35)19-25-8-9-30-22-29(11-10-28(30)20-25)27-6-4-3-5-7-27;1-10-5-6-14(7-11(10)2)15-8-12(3)13(4)9-16-15;/h3-17,20-22,24H,18-19H2,1-2H3;5,7-9H,1-4H3;/q2*-1;. The van der Waals surface area contributed by atoms with Gasteiger partial charge in [-0.1, -0.05) is 135 Å². The van der Waals surface area contributed by atoms with Crippen LogP contribution in [-0.2, 0) is 32.9 Å². The monoisotopic (exact) mass is 920 g/mol. The van der Waals surface area contributed by atoms with Gasteiger partial charge in [-0.05, 0) is 95.1 Å². The molecule has 4 nitrogen and oxygen atoms in total. The number of hydrogen-bond donors (Lipinski definition) is 0. The molecule has 0 spiro atoms. The van der Waals surface area contributed by atoms with Crippen LogP contribution in [-0.4, -0.2) is 15.0 Å². The summed E-state index contributed by atoms with van der Waals surface area (Å²) in [4.78, 5) is 14.2. The molecule has 1 radical (unpaired) electrons. The first-order valence-corrected chi connectivity index (χ1v) is 19.4. The molecule has 0 aliphatic rings. The number of furan rings is 1. The molecule has 0 amide bonds. The van der Waals surface area contributed by atoms with Crippen molar-refractivity contribution >= 4 is 32.6 Å². The zero-order valence-corrected chi connectivity index (χ0v) is 35.7. The zero-order valence-electron chi connectivity index (χ0n) is 33.3. The van der Waals surface area contributed by atoms with Crippen molar-refractivity contribution < 1.29 is 24.5 Å². The first-order valence-electron chi connectivity index (χ1n) is 19.4. The molecule has 4 heterocycles. The summed E-state index contributed by atoms with van der Waals surface area (Å²) in [6, 6.07) is 47.6. The normalized spacial score (nSPS) is 11.1. The number of fused-ring (bicyclic) bond motifs is 4. The van der Waals surface area contributed by atoms with Crippen LogP contribution in [0.15, 0.2) is 138 Å². The van der Waals surface area contributed by atoms with Gasteiger partial charge in [-0.15, -0.1) is 41.0 Å². The molecule has 285 valence electrons. The minimum absolute atomic E-state index is 0. The molecule has 0 N–H and O–H groups in total. The van der Waals surface area contributed by atoms with Crippen LogP contribution < -0.4 is 0 Å². The molecule has 0 saturated carbocycles. The van der Waals surface area contributed by atoms with E-state index in [4.69, 9.17) is 14.4 Å². The molecule has 0 atom stereocenters. The van der Waals surface area contributed by atoms with Crippen molar-refractivity contribution in [1.29, 1.82) is 0 Å². The van der Waals surface area contributed by atoms with E-state index in [1.807, 2.05) is 24.5 Å². The number of pyridine rings is 3. The van der Waals surface area contributed by atoms with Gasteiger partial charge in [-0.2, -0.15) is 0 Å². The second kappa shape index (κ2) is 17.2. The summed E-state index contributed by atoms with van der Waals surface area (Å²) in [6.45, 7) is 12.8. The topological polar surface area (TPSA) is 51.8 Å². The van der Waals surface area contributed by atoms with Gasteiger partial charge in [0.1, 0.15) is 0 Å². The Morgan fingerprint density at radius 3 is 2.23 bits per heavy atom. The largest absolute Gasteiger partial charge is 0.506 e. The summed E-state index contributed by atoms with van der Waals surface area (Å²) in [7, 11) is 0. The Labute approximate surface area is 349 Å². The van der Waals surface area contributed by atoms with Crippen molar-refractivity contribution in [1.82, 2.24) is 15.0 Å². The van der Waals surface area contributed by atoms with Crippen LogP contribution in [0.1, 0.15) is 52.9 Å². The van der Waals surface area contributed by atoms with Crippen LogP contribution in [0.5, 0.6) is 0 Å². The quantitative estimate of drug-likeness (QED) is 0.149. The number of aromatic nitrogens is 3. The van der Waals surface area contributed by atoms with E-state index in [2.05, 4.69) is 162 Å². The molecule has 0 aliphatic heterocycles. The molecule has 5 aromatic carbocycles. The fourth-order valence-corrected chi connectivity index (χ4v) is 7.16. The predicted octanol–water partition coefficient (Wildman–Crippen LogP) is 13.2. The number of hydrogen-bond acceptors (Lipinski definition) is 4. The maximum Gasteiger partial charge on any atom is 0.0847 e. The number of benzene rings is 5. The van der Waals surface area contributed by atoms with Crippen LogP contribution in [0.4, 0.5) is 0 Å². The van der Waals surface area contributed by atoms with E-state index in [-0.39, 0.29) is 20.1 Å². The van der Waals surface area contributed by atoms with Gasteiger partial charge in [-0.3, -0.25) is 9.97 Å². The number of nitrogens with zero attached hydrogens (tertiary/aromatic N) is 3. The molecule has 0 aliphatic carbocycles. The summed E-state index contributed by atoms with van der Waals surface area (Å²) in [6.07, 6.45) is 7.30. The van der Waals surface area contributed by atoms with E-state index in [9.17, 15) is 0 Å².